The third-order valence-corrected chi connectivity index (χ3v) is 4.82. The molecule has 1 aromatic rings. The Kier molecular flexibility index (Phi) is 5.37. The van der Waals surface area contributed by atoms with Crippen molar-refractivity contribution in [3.05, 3.63) is 11.1 Å². The van der Waals surface area contributed by atoms with Crippen LogP contribution in [0.4, 0.5) is 5.13 Å². The maximum absolute atomic E-state index is 11.1. The van der Waals surface area contributed by atoms with E-state index < -0.39 is 0 Å². The van der Waals surface area contributed by atoms with Crippen LogP contribution in [-0.4, -0.2) is 55.7 Å². The van der Waals surface area contributed by atoms with Crippen LogP contribution in [-0.2, 0) is 16.0 Å². The number of esters is 1. The van der Waals surface area contributed by atoms with Crippen LogP contribution in [0.2, 0.25) is 0 Å². The molecule has 1 atom stereocenters. The highest BCUT2D eigenvalue weighted by molar-refractivity contribution is 7.13. The van der Waals surface area contributed by atoms with Crippen LogP contribution >= 0.6 is 11.3 Å². The van der Waals surface area contributed by atoms with Crippen molar-refractivity contribution >= 4 is 22.4 Å². The molecule has 0 bridgehead atoms. The number of piperazine rings is 1. The van der Waals surface area contributed by atoms with Gasteiger partial charge in [0.25, 0.3) is 0 Å². The lowest BCUT2D eigenvalue weighted by atomic mass is 10.1. The van der Waals surface area contributed by atoms with Gasteiger partial charge in [-0.2, -0.15) is 0 Å². The first-order valence-corrected chi connectivity index (χ1v) is 7.98. The molecule has 0 spiro atoms. The van der Waals surface area contributed by atoms with Crippen LogP contribution in [0.1, 0.15) is 25.5 Å². The van der Waals surface area contributed by atoms with Crippen molar-refractivity contribution in [2.45, 2.75) is 32.2 Å². The van der Waals surface area contributed by atoms with E-state index in [1.807, 2.05) is 0 Å². The number of rotatable bonds is 5. The minimum Gasteiger partial charge on any atom is -0.469 e. The molecule has 0 radical (unpaired) electrons. The van der Waals surface area contributed by atoms with E-state index in [4.69, 9.17) is 0 Å². The summed E-state index contributed by atoms with van der Waals surface area (Å²) in [5.74, 6) is -0.176. The molecule has 1 fully saturated rings. The van der Waals surface area contributed by atoms with Crippen LogP contribution in [0, 0.1) is 0 Å². The minimum absolute atomic E-state index is 0.176. The first-order chi connectivity index (χ1) is 9.63. The summed E-state index contributed by atoms with van der Waals surface area (Å²) < 4.78 is 4.66. The number of hydrogen-bond donors (Lipinski definition) is 0. The van der Waals surface area contributed by atoms with Crippen LogP contribution in [0.3, 0.4) is 0 Å². The third kappa shape index (κ3) is 3.70. The van der Waals surface area contributed by atoms with Gasteiger partial charge in [-0.15, -0.1) is 11.3 Å². The van der Waals surface area contributed by atoms with E-state index in [1.165, 1.54) is 7.11 Å². The molecule has 0 aromatic carbocycles. The van der Waals surface area contributed by atoms with Crippen molar-refractivity contribution in [2.75, 3.05) is 38.7 Å². The van der Waals surface area contributed by atoms with Gasteiger partial charge in [0, 0.05) is 37.5 Å². The highest BCUT2D eigenvalue weighted by atomic mass is 32.1. The van der Waals surface area contributed by atoms with Gasteiger partial charge in [0.1, 0.15) is 0 Å². The molecule has 2 heterocycles. The highest BCUT2D eigenvalue weighted by Gasteiger charge is 2.24. The van der Waals surface area contributed by atoms with Crippen molar-refractivity contribution in [1.82, 2.24) is 9.88 Å². The topological polar surface area (TPSA) is 45.7 Å². The Balaban J connectivity index is 1.93. The second-order valence-corrected chi connectivity index (χ2v) is 6.02. The number of hydrogen-bond acceptors (Lipinski definition) is 6. The number of likely N-dealkylation sites (N-methyl/N-ethyl adjacent to an activating group) is 1. The zero-order valence-corrected chi connectivity index (χ0v) is 13.3. The standard InChI is InChI=1S/C14H23N3O2S/c1-4-12-9-17(8-7-16(12)2)14-15-11(10-20-14)5-6-13(18)19-3/h10,12H,4-9H2,1-3H3. The van der Waals surface area contributed by atoms with E-state index in [0.717, 1.165) is 36.9 Å². The molecule has 6 heteroatoms. The van der Waals surface area contributed by atoms with E-state index in [2.05, 4.69) is 38.9 Å². The molecule has 2 rings (SSSR count). The molecule has 1 aromatic heterocycles. The number of methoxy groups -OCH3 is 1. The molecule has 1 aliphatic rings. The summed E-state index contributed by atoms with van der Waals surface area (Å²) in [5, 5.41) is 3.13. The van der Waals surface area contributed by atoms with Crippen molar-refractivity contribution in [2.24, 2.45) is 0 Å². The number of carbonyl (C=O) groups is 1. The molecule has 0 amide bonds. The monoisotopic (exact) mass is 297 g/mol. The van der Waals surface area contributed by atoms with Crippen LogP contribution in [0.25, 0.3) is 0 Å². The SMILES string of the molecule is CCC1CN(c2nc(CCC(=O)OC)cs2)CCN1C. The predicted octanol–water partition coefficient (Wildman–Crippen LogP) is 1.78. The summed E-state index contributed by atoms with van der Waals surface area (Å²) in [6.07, 6.45) is 2.22. The number of carbonyl (C=O) groups excluding carboxylic acids is 1. The van der Waals surface area contributed by atoms with E-state index in [0.29, 0.717) is 18.9 Å². The molecule has 0 saturated carbocycles. The van der Waals surface area contributed by atoms with Crippen molar-refractivity contribution in [3.8, 4) is 0 Å². The molecule has 1 saturated heterocycles. The number of nitrogens with zero attached hydrogens (tertiary/aromatic N) is 3. The Morgan fingerprint density at radius 1 is 1.55 bits per heavy atom. The highest BCUT2D eigenvalue weighted by Crippen LogP contribution is 2.24. The quantitative estimate of drug-likeness (QED) is 0.775. The summed E-state index contributed by atoms with van der Waals surface area (Å²) in [6.45, 7) is 5.37. The van der Waals surface area contributed by atoms with Gasteiger partial charge in [-0.25, -0.2) is 4.98 Å². The fraction of sp³-hybridized carbons (Fsp3) is 0.714. The predicted molar refractivity (Wildman–Crippen MR) is 81.4 cm³/mol. The number of anilines is 1. The molecule has 20 heavy (non-hydrogen) atoms. The Morgan fingerprint density at radius 3 is 3.05 bits per heavy atom. The zero-order valence-electron chi connectivity index (χ0n) is 12.5. The fourth-order valence-corrected chi connectivity index (χ4v) is 3.35. The minimum atomic E-state index is -0.176. The molecule has 1 unspecified atom stereocenters. The molecule has 0 N–H and O–H groups in total. The number of ether oxygens (including phenoxy) is 1. The molecule has 5 nitrogen and oxygen atoms in total. The third-order valence-electron chi connectivity index (χ3n) is 3.87. The second-order valence-electron chi connectivity index (χ2n) is 5.19. The van der Waals surface area contributed by atoms with Gasteiger partial charge in [0.2, 0.25) is 0 Å². The molecule has 1 aliphatic heterocycles. The van der Waals surface area contributed by atoms with E-state index >= 15 is 0 Å². The average molecular weight is 297 g/mol. The van der Waals surface area contributed by atoms with Crippen LogP contribution in [0.15, 0.2) is 5.38 Å². The Bertz CT molecular complexity index is 449. The maximum atomic E-state index is 11.1. The number of aryl methyl sites for hydroxylation is 1. The Hall–Kier alpha value is -1.14. The second kappa shape index (κ2) is 7.04. The molecule has 112 valence electrons. The fourth-order valence-electron chi connectivity index (χ4n) is 2.45. The van der Waals surface area contributed by atoms with Gasteiger partial charge in [-0.1, -0.05) is 6.92 Å². The normalized spacial score (nSPS) is 20.1. The first kappa shape index (κ1) is 15.3. The average Bonchev–Trinajstić information content (AvgIpc) is 2.94. The summed E-state index contributed by atoms with van der Waals surface area (Å²) in [7, 11) is 3.61. The Labute approximate surface area is 124 Å². The van der Waals surface area contributed by atoms with Crippen molar-refractivity contribution < 1.29 is 9.53 Å². The molecular formula is C14H23N3O2S. The summed E-state index contributed by atoms with van der Waals surface area (Å²) in [6, 6.07) is 0.603. The lowest BCUT2D eigenvalue weighted by Gasteiger charge is -2.39. The van der Waals surface area contributed by atoms with Crippen LogP contribution in [0.5, 0.6) is 0 Å². The number of thiazole rings is 1. The van der Waals surface area contributed by atoms with Gasteiger partial charge < -0.3 is 9.64 Å². The van der Waals surface area contributed by atoms with E-state index in [1.54, 1.807) is 11.3 Å². The maximum Gasteiger partial charge on any atom is 0.305 e. The van der Waals surface area contributed by atoms with E-state index in [9.17, 15) is 4.79 Å². The molecular weight excluding hydrogens is 274 g/mol. The largest absolute Gasteiger partial charge is 0.469 e. The summed E-state index contributed by atoms with van der Waals surface area (Å²) in [5.41, 5.74) is 0.988. The van der Waals surface area contributed by atoms with E-state index in [-0.39, 0.29) is 5.97 Å². The first-order valence-electron chi connectivity index (χ1n) is 7.10. The van der Waals surface area contributed by atoms with Gasteiger partial charge in [-0.05, 0) is 13.5 Å². The van der Waals surface area contributed by atoms with Gasteiger partial charge in [-0.3, -0.25) is 9.69 Å². The number of aromatic nitrogens is 1. The smallest absolute Gasteiger partial charge is 0.305 e. The molecule has 0 aliphatic carbocycles. The van der Waals surface area contributed by atoms with Crippen LogP contribution < -0.4 is 4.90 Å². The Morgan fingerprint density at radius 2 is 2.35 bits per heavy atom. The lowest BCUT2D eigenvalue weighted by molar-refractivity contribution is -0.140. The lowest BCUT2D eigenvalue weighted by Crippen LogP contribution is -2.51. The van der Waals surface area contributed by atoms with Gasteiger partial charge >= 0.3 is 5.97 Å². The van der Waals surface area contributed by atoms with Crippen molar-refractivity contribution in [3.63, 3.8) is 0 Å². The zero-order chi connectivity index (χ0) is 14.5. The van der Waals surface area contributed by atoms with Gasteiger partial charge in [0.15, 0.2) is 5.13 Å². The van der Waals surface area contributed by atoms with Gasteiger partial charge in [0.05, 0.1) is 19.2 Å². The van der Waals surface area contributed by atoms with Crippen molar-refractivity contribution in [1.29, 1.82) is 0 Å². The summed E-state index contributed by atoms with van der Waals surface area (Å²) >= 11 is 1.67. The summed E-state index contributed by atoms with van der Waals surface area (Å²) in [4.78, 5) is 20.6.